The minimum absolute atomic E-state index is 0. The number of aromatic amines is 1. The van der Waals surface area contributed by atoms with E-state index in [-0.39, 0.29) is 35.5 Å². The molecule has 1 fully saturated rings. The van der Waals surface area contributed by atoms with Gasteiger partial charge in [-0.2, -0.15) is 0 Å². The van der Waals surface area contributed by atoms with Crippen LogP contribution in [0.1, 0.15) is 59.3 Å². The van der Waals surface area contributed by atoms with E-state index >= 15 is 0 Å². The number of carbonyl (C=O) groups is 1. The Morgan fingerprint density at radius 3 is 2.49 bits per heavy atom. The number of anilines is 1. The highest BCUT2D eigenvalue weighted by molar-refractivity contribution is 5.99. The Morgan fingerprint density at radius 1 is 1.11 bits per heavy atom. The Bertz CT molecular complexity index is 1240. The summed E-state index contributed by atoms with van der Waals surface area (Å²) in [5.74, 6) is 0.798. The quantitative estimate of drug-likeness (QED) is 0.368. The van der Waals surface area contributed by atoms with E-state index in [1.165, 1.54) is 6.07 Å². The molecule has 2 aromatic heterocycles. The van der Waals surface area contributed by atoms with Crippen LogP contribution in [0.5, 0.6) is 5.75 Å². The zero-order valence-corrected chi connectivity index (χ0v) is 19.5. The zero-order valence-electron chi connectivity index (χ0n) is 18.7. The van der Waals surface area contributed by atoms with E-state index in [2.05, 4.69) is 26.9 Å². The number of hydrogen-bond donors (Lipinski definition) is 2. The number of H-pyrrole nitrogens is 1. The number of benzene rings is 1. The molecule has 0 saturated carbocycles. The Morgan fingerprint density at radius 2 is 1.83 bits per heavy atom. The standard InChI is InChI=1S/C24H24F3N5O2.ClH/c25-24(26,27)34-16-5-6-18(19(28)13-16)23(33)32-11-8-14(9-12-32)17-7-10-29-22-20(17)30-21(31-22)15-3-1-2-4-15;/h1-2,5-7,10,13-15H,3-4,8-9,11-12,28H2,(H,29,30,31);1H. The fourth-order valence-electron chi connectivity index (χ4n) is 4.81. The number of fused-ring (bicyclic) bond motifs is 1. The van der Waals surface area contributed by atoms with Crippen molar-refractivity contribution in [2.45, 2.75) is 43.9 Å². The third kappa shape index (κ3) is 5.22. The molecule has 0 radical (unpaired) electrons. The average molecular weight is 508 g/mol. The van der Waals surface area contributed by atoms with Crippen LogP contribution in [0, 0.1) is 0 Å². The third-order valence-corrected chi connectivity index (χ3v) is 6.54. The minimum atomic E-state index is -4.82. The number of ether oxygens (including phenoxy) is 1. The van der Waals surface area contributed by atoms with Gasteiger partial charge in [0.1, 0.15) is 17.1 Å². The maximum Gasteiger partial charge on any atom is 0.573 e. The van der Waals surface area contributed by atoms with Gasteiger partial charge in [0.2, 0.25) is 0 Å². The first-order valence-corrected chi connectivity index (χ1v) is 11.2. The summed E-state index contributed by atoms with van der Waals surface area (Å²) in [5.41, 5.74) is 8.78. The van der Waals surface area contributed by atoms with Crippen molar-refractivity contribution in [3.8, 4) is 5.75 Å². The number of nitrogens with one attached hydrogen (secondary N) is 1. The summed E-state index contributed by atoms with van der Waals surface area (Å²) in [5, 5.41) is 0. The number of allylic oxidation sites excluding steroid dienone is 2. The van der Waals surface area contributed by atoms with Gasteiger partial charge in [-0.05, 0) is 55.4 Å². The van der Waals surface area contributed by atoms with Gasteiger partial charge in [-0.1, -0.05) is 12.2 Å². The lowest BCUT2D eigenvalue weighted by Crippen LogP contribution is -2.38. The Kier molecular flexibility index (Phi) is 6.93. The largest absolute Gasteiger partial charge is 0.573 e. The van der Waals surface area contributed by atoms with Gasteiger partial charge in [0, 0.05) is 37.0 Å². The summed E-state index contributed by atoms with van der Waals surface area (Å²) < 4.78 is 41.1. The number of likely N-dealkylation sites (tertiary alicyclic amines) is 1. The molecule has 1 amide bonds. The first-order chi connectivity index (χ1) is 16.3. The molecule has 1 aliphatic carbocycles. The molecule has 0 spiro atoms. The van der Waals surface area contributed by atoms with Crippen LogP contribution in [-0.2, 0) is 0 Å². The van der Waals surface area contributed by atoms with Crippen molar-refractivity contribution in [1.29, 1.82) is 0 Å². The zero-order chi connectivity index (χ0) is 23.9. The fourth-order valence-corrected chi connectivity index (χ4v) is 4.81. The van der Waals surface area contributed by atoms with Crippen molar-refractivity contribution < 1.29 is 22.7 Å². The number of nitrogen functional groups attached to an aromatic ring is 1. The van der Waals surface area contributed by atoms with Gasteiger partial charge in [-0.3, -0.25) is 4.79 Å². The fraction of sp³-hybridized carbons (Fsp3) is 0.375. The number of carbonyl (C=O) groups excluding carboxylic acids is 1. The summed E-state index contributed by atoms with van der Waals surface area (Å²) in [6.07, 6.45) is 4.74. The summed E-state index contributed by atoms with van der Waals surface area (Å²) in [6.45, 7) is 1.02. The van der Waals surface area contributed by atoms with Gasteiger partial charge < -0.3 is 20.4 Å². The number of alkyl halides is 3. The van der Waals surface area contributed by atoms with Crippen LogP contribution >= 0.6 is 12.4 Å². The number of hydrogen-bond acceptors (Lipinski definition) is 5. The molecule has 11 heteroatoms. The summed E-state index contributed by atoms with van der Waals surface area (Å²) >= 11 is 0. The molecule has 3 N–H and O–H groups in total. The van der Waals surface area contributed by atoms with Gasteiger partial charge in [-0.15, -0.1) is 25.6 Å². The van der Waals surface area contributed by atoms with Gasteiger partial charge >= 0.3 is 6.36 Å². The molecule has 0 bridgehead atoms. The molecule has 3 aromatic rings. The monoisotopic (exact) mass is 507 g/mol. The average Bonchev–Trinajstić information content (AvgIpc) is 3.47. The first-order valence-electron chi connectivity index (χ1n) is 11.2. The van der Waals surface area contributed by atoms with E-state index in [1.54, 1.807) is 11.1 Å². The smallest absolute Gasteiger partial charge is 0.406 e. The van der Waals surface area contributed by atoms with Crippen molar-refractivity contribution in [3.63, 3.8) is 0 Å². The highest BCUT2D eigenvalue weighted by Gasteiger charge is 2.32. The van der Waals surface area contributed by atoms with Crippen molar-refractivity contribution >= 4 is 35.2 Å². The summed E-state index contributed by atoms with van der Waals surface area (Å²) in [4.78, 5) is 27.3. The van der Waals surface area contributed by atoms with Crippen LogP contribution in [0.25, 0.3) is 11.2 Å². The second kappa shape index (κ2) is 9.77. The van der Waals surface area contributed by atoms with Crippen LogP contribution in [0.4, 0.5) is 18.9 Å². The van der Waals surface area contributed by atoms with E-state index in [1.807, 2.05) is 6.07 Å². The summed E-state index contributed by atoms with van der Waals surface area (Å²) in [6, 6.07) is 5.41. The van der Waals surface area contributed by atoms with E-state index in [9.17, 15) is 18.0 Å². The maximum absolute atomic E-state index is 13.0. The molecule has 1 aliphatic heterocycles. The summed E-state index contributed by atoms with van der Waals surface area (Å²) in [7, 11) is 0. The van der Waals surface area contributed by atoms with Crippen molar-refractivity contribution in [2.75, 3.05) is 18.8 Å². The number of rotatable bonds is 4. The molecular formula is C24H25ClF3N5O2. The van der Waals surface area contributed by atoms with Crippen molar-refractivity contribution in [3.05, 3.63) is 59.6 Å². The predicted octanol–water partition coefficient (Wildman–Crippen LogP) is 5.31. The van der Waals surface area contributed by atoms with Gasteiger partial charge in [-0.25, -0.2) is 9.97 Å². The van der Waals surface area contributed by atoms with E-state index in [0.717, 1.165) is 60.4 Å². The van der Waals surface area contributed by atoms with Gasteiger partial charge in [0.25, 0.3) is 5.91 Å². The molecule has 186 valence electrons. The maximum atomic E-state index is 13.0. The Labute approximate surface area is 206 Å². The molecule has 35 heavy (non-hydrogen) atoms. The normalized spacial score (nSPS) is 17.1. The van der Waals surface area contributed by atoms with E-state index in [4.69, 9.17) is 10.7 Å². The third-order valence-electron chi connectivity index (χ3n) is 6.54. The molecular weight excluding hydrogens is 483 g/mol. The molecule has 0 unspecified atom stereocenters. The lowest BCUT2D eigenvalue weighted by Gasteiger charge is -2.32. The van der Waals surface area contributed by atoms with Crippen molar-refractivity contribution in [1.82, 2.24) is 19.9 Å². The molecule has 1 aromatic carbocycles. The highest BCUT2D eigenvalue weighted by atomic mass is 35.5. The minimum Gasteiger partial charge on any atom is -0.406 e. The number of nitrogens with zero attached hydrogens (tertiary/aromatic N) is 3. The molecule has 5 rings (SSSR count). The highest BCUT2D eigenvalue weighted by Crippen LogP contribution is 2.35. The predicted molar refractivity (Wildman–Crippen MR) is 128 cm³/mol. The molecule has 2 aliphatic rings. The van der Waals surface area contributed by atoms with Crippen LogP contribution < -0.4 is 10.5 Å². The van der Waals surface area contributed by atoms with Crippen LogP contribution in [0.15, 0.2) is 42.6 Å². The topological polar surface area (TPSA) is 97.1 Å². The Balaban J connectivity index is 0.00000289. The number of imidazole rings is 1. The van der Waals surface area contributed by atoms with E-state index < -0.39 is 12.1 Å². The molecule has 3 heterocycles. The first kappa shape index (κ1) is 24.8. The number of aromatic nitrogens is 3. The molecule has 7 nitrogen and oxygen atoms in total. The lowest BCUT2D eigenvalue weighted by molar-refractivity contribution is -0.274. The van der Waals surface area contributed by atoms with E-state index in [0.29, 0.717) is 19.0 Å². The second-order valence-corrected chi connectivity index (χ2v) is 8.72. The van der Waals surface area contributed by atoms with Crippen molar-refractivity contribution in [2.24, 2.45) is 0 Å². The molecule has 1 saturated heterocycles. The number of piperidine rings is 1. The van der Waals surface area contributed by atoms with Gasteiger partial charge in [0.15, 0.2) is 5.65 Å². The lowest BCUT2D eigenvalue weighted by atomic mass is 9.89. The number of nitrogens with two attached hydrogens (primary N) is 1. The Hall–Kier alpha value is -3.27. The van der Waals surface area contributed by atoms with Gasteiger partial charge in [0.05, 0.1) is 5.56 Å². The number of amides is 1. The van der Waals surface area contributed by atoms with Crippen LogP contribution in [-0.4, -0.2) is 45.2 Å². The van der Waals surface area contributed by atoms with Crippen LogP contribution in [0.3, 0.4) is 0 Å². The SMILES string of the molecule is Cl.Nc1cc(OC(F)(F)F)ccc1C(=O)N1CCC(c2ccnc3[nH]c(C4CC=CC4)nc23)CC1. The van der Waals surface area contributed by atoms with Crippen LogP contribution in [0.2, 0.25) is 0 Å². The number of halogens is 4. The second-order valence-electron chi connectivity index (χ2n) is 8.72. The molecule has 0 atom stereocenters. The number of pyridine rings is 1.